The second-order valence-corrected chi connectivity index (χ2v) is 6.94. The fourth-order valence-electron chi connectivity index (χ4n) is 3.10. The number of benzene rings is 1. The fourth-order valence-corrected chi connectivity index (χ4v) is 4.46. The van der Waals surface area contributed by atoms with Crippen LogP contribution in [-0.2, 0) is 12.8 Å². The molecule has 0 aliphatic carbocycles. The van der Waals surface area contributed by atoms with Crippen LogP contribution in [0.1, 0.15) is 46.8 Å². The highest BCUT2D eigenvalue weighted by molar-refractivity contribution is 7.11. The van der Waals surface area contributed by atoms with Gasteiger partial charge in [0.2, 0.25) is 0 Å². The van der Waals surface area contributed by atoms with Gasteiger partial charge in [-0.2, -0.15) is 0 Å². The summed E-state index contributed by atoms with van der Waals surface area (Å²) in [6.07, 6.45) is 4.43. The van der Waals surface area contributed by atoms with E-state index in [0.29, 0.717) is 5.92 Å². The summed E-state index contributed by atoms with van der Waals surface area (Å²) >= 11 is 1.92. The highest BCUT2D eigenvalue weighted by Gasteiger charge is 2.21. The van der Waals surface area contributed by atoms with Gasteiger partial charge in [0.1, 0.15) is 5.75 Å². The summed E-state index contributed by atoms with van der Waals surface area (Å²) in [6.45, 7) is 4.49. The van der Waals surface area contributed by atoms with Crippen molar-refractivity contribution < 1.29 is 4.74 Å². The standard InChI is InChI=1S/C18H24N2OS/c1-3-16-18(14-7-9-19-10-8-14)22-17(20-16)12-13-5-4-6-15(11-13)21-2/h4-6,11,14,19H,3,7-10,12H2,1-2H3. The van der Waals surface area contributed by atoms with Crippen molar-refractivity contribution in [2.24, 2.45) is 0 Å². The lowest BCUT2D eigenvalue weighted by Crippen LogP contribution is -2.26. The molecule has 0 atom stereocenters. The summed E-state index contributed by atoms with van der Waals surface area (Å²) in [4.78, 5) is 6.44. The number of piperidine rings is 1. The van der Waals surface area contributed by atoms with Crippen LogP contribution in [0.5, 0.6) is 5.75 Å². The number of rotatable bonds is 5. The zero-order valence-corrected chi connectivity index (χ0v) is 14.2. The second kappa shape index (κ2) is 7.25. The molecule has 1 aromatic carbocycles. The predicted molar refractivity (Wildman–Crippen MR) is 92.1 cm³/mol. The van der Waals surface area contributed by atoms with Crippen molar-refractivity contribution in [3.8, 4) is 5.75 Å². The van der Waals surface area contributed by atoms with Crippen LogP contribution in [0.2, 0.25) is 0 Å². The van der Waals surface area contributed by atoms with Crippen LogP contribution < -0.4 is 10.1 Å². The Morgan fingerprint density at radius 3 is 2.86 bits per heavy atom. The number of hydrogen-bond donors (Lipinski definition) is 1. The Hall–Kier alpha value is -1.39. The Morgan fingerprint density at radius 2 is 2.14 bits per heavy atom. The van der Waals surface area contributed by atoms with Gasteiger partial charge in [-0.15, -0.1) is 11.3 Å². The van der Waals surface area contributed by atoms with Gasteiger partial charge in [0.05, 0.1) is 17.8 Å². The van der Waals surface area contributed by atoms with E-state index >= 15 is 0 Å². The molecule has 2 aromatic rings. The Labute approximate surface area is 136 Å². The third-order valence-electron chi connectivity index (χ3n) is 4.31. The first-order chi connectivity index (χ1) is 10.8. The number of methoxy groups -OCH3 is 1. The molecule has 1 aliphatic rings. The molecule has 0 radical (unpaired) electrons. The van der Waals surface area contributed by atoms with Gasteiger partial charge in [0.15, 0.2) is 0 Å². The topological polar surface area (TPSA) is 34.1 Å². The van der Waals surface area contributed by atoms with E-state index in [-0.39, 0.29) is 0 Å². The molecule has 1 N–H and O–H groups in total. The number of nitrogens with one attached hydrogen (secondary N) is 1. The van der Waals surface area contributed by atoms with Gasteiger partial charge >= 0.3 is 0 Å². The van der Waals surface area contributed by atoms with Gasteiger partial charge < -0.3 is 10.1 Å². The van der Waals surface area contributed by atoms with Crippen LogP contribution in [-0.4, -0.2) is 25.2 Å². The first-order valence-electron chi connectivity index (χ1n) is 8.12. The number of ether oxygens (including phenoxy) is 1. The highest BCUT2D eigenvalue weighted by Crippen LogP contribution is 2.34. The van der Waals surface area contributed by atoms with E-state index in [1.165, 1.54) is 34.0 Å². The van der Waals surface area contributed by atoms with Crippen LogP contribution in [0.25, 0.3) is 0 Å². The largest absolute Gasteiger partial charge is 0.497 e. The van der Waals surface area contributed by atoms with Crippen molar-refractivity contribution in [1.82, 2.24) is 10.3 Å². The SMILES string of the molecule is CCc1nc(Cc2cccc(OC)c2)sc1C1CCNCC1. The first-order valence-corrected chi connectivity index (χ1v) is 8.94. The highest BCUT2D eigenvalue weighted by atomic mass is 32.1. The molecular weight excluding hydrogens is 292 g/mol. The monoisotopic (exact) mass is 316 g/mol. The van der Waals surface area contributed by atoms with Gasteiger partial charge in [0.25, 0.3) is 0 Å². The maximum atomic E-state index is 5.31. The molecule has 2 heterocycles. The van der Waals surface area contributed by atoms with Gasteiger partial charge in [-0.05, 0) is 56.0 Å². The molecule has 0 unspecified atom stereocenters. The lowest BCUT2D eigenvalue weighted by Gasteiger charge is -2.22. The zero-order valence-electron chi connectivity index (χ0n) is 13.4. The van der Waals surface area contributed by atoms with Crippen LogP contribution in [0, 0.1) is 0 Å². The van der Waals surface area contributed by atoms with Crippen LogP contribution in [0.4, 0.5) is 0 Å². The van der Waals surface area contributed by atoms with Crippen molar-refractivity contribution >= 4 is 11.3 Å². The van der Waals surface area contributed by atoms with E-state index in [9.17, 15) is 0 Å². The first kappa shape index (κ1) is 15.5. The summed E-state index contributed by atoms with van der Waals surface area (Å²) in [5, 5.41) is 4.69. The van der Waals surface area contributed by atoms with Crippen molar-refractivity contribution in [3.63, 3.8) is 0 Å². The smallest absolute Gasteiger partial charge is 0.119 e. The van der Waals surface area contributed by atoms with Crippen LogP contribution >= 0.6 is 11.3 Å². The Kier molecular flexibility index (Phi) is 5.11. The van der Waals surface area contributed by atoms with Crippen molar-refractivity contribution in [1.29, 1.82) is 0 Å². The van der Waals surface area contributed by atoms with Crippen LogP contribution in [0.15, 0.2) is 24.3 Å². The quantitative estimate of drug-likeness (QED) is 0.912. The number of aryl methyl sites for hydroxylation is 1. The summed E-state index contributed by atoms with van der Waals surface area (Å²) < 4.78 is 5.31. The van der Waals surface area contributed by atoms with E-state index in [1.807, 2.05) is 17.4 Å². The summed E-state index contributed by atoms with van der Waals surface area (Å²) in [5.74, 6) is 1.62. The lowest BCUT2D eigenvalue weighted by atomic mass is 9.95. The number of aromatic nitrogens is 1. The summed E-state index contributed by atoms with van der Waals surface area (Å²) in [6, 6.07) is 8.30. The molecule has 4 heteroatoms. The van der Waals surface area contributed by atoms with Gasteiger partial charge in [-0.3, -0.25) is 0 Å². The average Bonchev–Trinajstić information content (AvgIpc) is 2.98. The molecule has 1 aliphatic heterocycles. The molecule has 0 saturated carbocycles. The zero-order chi connectivity index (χ0) is 15.4. The van der Waals surface area contributed by atoms with Crippen LogP contribution in [0.3, 0.4) is 0 Å². The van der Waals surface area contributed by atoms with Gasteiger partial charge in [-0.25, -0.2) is 4.98 Å². The lowest BCUT2D eigenvalue weighted by molar-refractivity contribution is 0.414. The molecule has 1 aromatic heterocycles. The molecule has 22 heavy (non-hydrogen) atoms. The minimum absolute atomic E-state index is 0.702. The minimum Gasteiger partial charge on any atom is -0.497 e. The Bertz CT molecular complexity index is 617. The van der Waals surface area contributed by atoms with E-state index in [1.54, 1.807) is 7.11 Å². The van der Waals surface area contributed by atoms with E-state index in [2.05, 4.69) is 30.4 Å². The second-order valence-electron chi connectivity index (χ2n) is 5.82. The number of thiazole rings is 1. The minimum atomic E-state index is 0.702. The van der Waals surface area contributed by atoms with E-state index < -0.39 is 0 Å². The molecule has 118 valence electrons. The van der Waals surface area contributed by atoms with Gasteiger partial charge in [-0.1, -0.05) is 19.1 Å². The number of nitrogens with zero attached hydrogens (tertiary/aromatic N) is 1. The average molecular weight is 316 g/mol. The normalized spacial score (nSPS) is 15.9. The molecule has 1 fully saturated rings. The fraction of sp³-hybridized carbons (Fsp3) is 0.500. The van der Waals surface area contributed by atoms with Crippen molar-refractivity contribution in [2.75, 3.05) is 20.2 Å². The molecule has 3 rings (SSSR count). The van der Waals surface area contributed by atoms with E-state index in [4.69, 9.17) is 9.72 Å². The number of hydrogen-bond acceptors (Lipinski definition) is 4. The van der Waals surface area contributed by atoms with Crippen molar-refractivity contribution in [3.05, 3.63) is 45.4 Å². The van der Waals surface area contributed by atoms with Crippen molar-refractivity contribution in [2.45, 2.75) is 38.5 Å². The molecule has 0 spiro atoms. The third-order valence-corrected chi connectivity index (χ3v) is 5.57. The third kappa shape index (κ3) is 3.50. The summed E-state index contributed by atoms with van der Waals surface area (Å²) in [5.41, 5.74) is 2.59. The molecule has 1 saturated heterocycles. The summed E-state index contributed by atoms with van der Waals surface area (Å²) in [7, 11) is 1.72. The van der Waals surface area contributed by atoms with E-state index in [0.717, 1.165) is 31.7 Å². The molecule has 0 bridgehead atoms. The molecular formula is C18H24N2OS. The predicted octanol–water partition coefficient (Wildman–Crippen LogP) is 3.77. The maximum Gasteiger partial charge on any atom is 0.119 e. The Morgan fingerprint density at radius 1 is 1.32 bits per heavy atom. The van der Waals surface area contributed by atoms with Gasteiger partial charge in [0, 0.05) is 11.3 Å². The maximum absolute atomic E-state index is 5.31. The molecule has 0 amide bonds. The Balaban J connectivity index is 1.80. The molecule has 3 nitrogen and oxygen atoms in total.